The molecule has 0 amide bonds. The van der Waals surface area contributed by atoms with E-state index in [-0.39, 0.29) is 0 Å². The molecule has 0 saturated heterocycles. The quantitative estimate of drug-likeness (QED) is 0.157. The summed E-state index contributed by atoms with van der Waals surface area (Å²) >= 11 is 0. The lowest BCUT2D eigenvalue weighted by Gasteiger charge is -2.26. The van der Waals surface area contributed by atoms with Crippen molar-refractivity contribution in [2.75, 3.05) is 4.90 Å². The lowest BCUT2D eigenvalue weighted by Crippen LogP contribution is -2.10. The minimum Gasteiger partial charge on any atom is -0.456 e. The standard InChI is InChI=1S/C51H34N4O/c1-5-17-35(18-6-1)38-23-15-24-39(31-38)40-25-16-28-42(32-40)55(41-26-11-4-12-27-41)43-33-45(48-44-29-13-14-30-46(44)56-47(48)34-43)51-53-49(36-19-7-2-8-20-36)52-50(54-51)37-21-9-3-10-22-37/h1-34H. The van der Waals surface area contributed by atoms with Gasteiger partial charge in [-0.05, 0) is 64.7 Å². The molecule has 2 aromatic heterocycles. The third-order valence-electron chi connectivity index (χ3n) is 10.1. The zero-order valence-corrected chi connectivity index (χ0v) is 30.3. The highest BCUT2D eigenvalue weighted by Crippen LogP contribution is 2.44. The summed E-state index contributed by atoms with van der Waals surface area (Å²) in [6.07, 6.45) is 0. The number of benzene rings is 8. The Hall–Kier alpha value is -7.63. The molecule has 5 nitrogen and oxygen atoms in total. The number of anilines is 3. The molecule has 0 spiro atoms. The van der Waals surface area contributed by atoms with Gasteiger partial charge in [-0.25, -0.2) is 15.0 Å². The lowest BCUT2D eigenvalue weighted by atomic mass is 9.98. The van der Waals surface area contributed by atoms with Crippen LogP contribution in [0.5, 0.6) is 0 Å². The Balaban J connectivity index is 1.20. The molecule has 0 aliphatic carbocycles. The summed E-state index contributed by atoms with van der Waals surface area (Å²) in [5, 5.41) is 1.95. The molecule has 0 unspecified atom stereocenters. The summed E-state index contributed by atoms with van der Waals surface area (Å²) in [5.74, 6) is 1.77. The van der Waals surface area contributed by atoms with Gasteiger partial charge in [0.1, 0.15) is 11.2 Å². The Bertz CT molecular complexity index is 2910. The summed E-state index contributed by atoms with van der Waals surface area (Å²) in [6.45, 7) is 0. The van der Waals surface area contributed by atoms with E-state index in [0.29, 0.717) is 17.5 Å². The summed E-state index contributed by atoms with van der Waals surface area (Å²) < 4.78 is 6.66. The van der Waals surface area contributed by atoms with Crippen LogP contribution in [0.25, 0.3) is 78.4 Å². The second-order valence-electron chi connectivity index (χ2n) is 13.7. The summed E-state index contributed by atoms with van der Waals surface area (Å²) in [5.41, 5.74) is 11.8. The molecule has 8 aromatic carbocycles. The average molecular weight is 719 g/mol. The van der Waals surface area contributed by atoms with Crippen molar-refractivity contribution in [1.82, 2.24) is 15.0 Å². The Morgan fingerprint density at radius 3 is 1.46 bits per heavy atom. The fourth-order valence-electron chi connectivity index (χ4n) is 7.43. The van der Waals surface area contributed by atoms with Crippen molar-refractivity contribution in [3.63, 3.8) is 0 Å². The maximum atomic E-state index is 6.66. The van der Waals surface area contributed by atoms with Crippen molar-refractivity contribution in [2.45, 2.75) is 0 Å². The first-order valence-corrected chi connectivity index (χ1v) is 18.7. The predicted octanol–water partition coefficient (Wildman–Crippen LogP) is 13.6. The molecule has 0 N–H and O–H groups in total. The van der Waals surface area contributed by atoms with Gasteiger partial charge in [0.2, 0.25) is 0 Å². The van der Waals surface area contributed by atoms with Crippen LogP contribution in [-0.4, -0.2) is 15.0 Å². The van der Waals surface area contributed by atoms with E-state index in [1.165, 1.54) is 11.1 Å². The Kier molecular flexibility index (Phi) is 8.43. The van der Waals surface area contributed by atoms with Crippen LogP contribution in [0.3, 0.4) is 0 Å². The van der Waals surface area contributed by atoms with Gasteiger partial charge in [0.05, 0.1) is 5.69 Å². The number of hydrogen-bond donors (Lipinski definition) is 0. The molecular weight excluding hydrogens is 685 g/mol. The molecular formula is C51H34N4O. The van der Waals surface area contributed by atoms with Gasteiger partial charge < -0.3 is 9.32 Å². The van der Waals surface area contributed by atoms with Crippen LogP contribution in [-0.2, 0) is 0 Å². The van der Waals surface area contributed by atoms with Gasteiger partial charge in [-0.1, -0.05) is 158 Å². The average Bonchev–Trinajstić information content (AvgIpc) is 3.66. The minimum atomic E-state index is 0.565. The number of nitrogens with zero attached hydrogens (tertiary/aromatic N) is 4. The van der Waals surface area contributed by atoms with Gasteiger partial charge in [0.25, 0.3) is 0 Å². The van der Waals surface area contributed by atoms with E-state index in [1.54, 1.807) is 0 Å². The number of furan rings is 1. The van der Waals surface area contributed by atoms with E-state index in [9.17, 15) is 0 Å². The smallest absolute Gasteiger partial charge is 0.164 e. The van der Waals surface area contributed by atoms with Crippen molar-refractivity contribution < 1.29 is 4.42 Å². The second kappa shape index (κ2) is 14.3. The second-order valence-corrected chi connectivity index (χ2v) is 13.7. The normalized spacial score (nSPS) is 11.2. The third kappa shape index (κ3) is 6.27. The number of para-hydroxylation sites is 2. The molecule has 0 radical (unpaired) electrons. The highest BCUT2D eigenvalue weighted by atomic mass is 16.3. The van der Waals surface area contributed by atoms with E-state index >= 15 is 0 Å². The molecule has 0 bridgehead atoms. The molecule has 10 rings (SSSR count). The van der Waals surface area contributed by atoms with Gasteiger partial charge in [0, 0.05) is 44.9 Å². The van der Waals surface area contributed by atoms with Gasteiger partial charge in [-0.15, -0.1) is 0 Å². The van der Waals surface area contributed by atoms with Crippen molar-refractivity contribution in [3.8, 4) is 56.4 Å². The van der Waals surface area contributed by atoms with Gasteiger partial charge in [0.15, 0.2) is 17.5 Å². The molecule has 0 aliphatic rings. The first-order chi connectivity index (χ1) is 27.7. The maximum absolute atomic E-state index is 6.66. The molecule has 5 heteroatoms. The van der Waals surface area contributed by atoms with Crippen LogP contribution in [0.15, 0.2) is 211 Å². The Labute approximate surface area is 324 Å². The van der Waals surface area contributed by atoms with Gasteiger partial charge in [-0.3, -0.25) is 0 Å². The van der Waals surface area contributed by atoms with Crippen molar-refractivity contribution >= 4 is 39.0 Å². The fraction of sp³-hybridized carbons (Fsp3) is 0. The topological polar surface area (TPSA) is 55.1 Å². The number of fused-ring (bicyclic) bond motifs is 3. The summed E-state index contributed by atoms with van der Waals surface area (Å²) in [7, 11) is 0. The molecule has 0 atom stereocenters. The van der Waals surface area contributed by atoms with Crippen LogP contribution in [0.4, 0.5) is 17.1 Å². The van der Waals surface area contributed by atoms with Crippen molar-refractivity contribution in [2.24, 2.45) is 0 Å². The first kappa shape index (κ1) is 33.0. The van der Waals surface area contributed by atoms with E-state index < -0.39 is 0 Å². The lowest BCUT2D eigenvalue weighted by molar-refractivity contribution is 0.669. The molecule has 0 aliphatic heterocycles. The predicted molar refractivity (Wildman–Crippen MR) is 229 cm³/mol. The van der Waals surface area contributed by atoms with Crippen molar-refractivity contribution in [1.29, 1.82) is 0 Å². The SMILES string of the molecule is c1ccc(-c2cccc(-c3cccc(N(c4ccccc4)c4cc(-c5nc(-c6ccccc6)nc(-c6ccccc6)n5)c5c(c4)oc4ccccc45)c3)c2)cc1. The highest BCUT2D eigenvalue weighted by molar-refractivity contribution is 6.13. The van der Waals surface area contributed by atoms with Crippen molar-refractivity contribution in [3.05, 3.63) is 206 Å². The van der Waals surface area contributed by atoms with Crippen LogP contribution in [0, 0.1) is 0 Å². The molecule has 10 aromatic rings. The zero-order valence-electron chi connectivity index (χ0n) is 30.3. The Morgan fingerprint density at radius 1 is 0.321 bits per heavy atom. The summed E-state index contributed by atoms with van der Waals surface area (Å²) in [4.78, 5) is 17.6. The van der Waals surface area contributed by atoms with E-state index in [4.69, 9.17) is 19.4 Å². The number of hydrogen-bond acceptors (Lipinski definition) is 5. The summed E-state index contributed by atoms with van der Waals surface area (Å²) in [6, 6.07) is 71.0. The molecule has 56 heavy (non-hydrogen) atoms. The van der Waals surface area contributed by atoms with E-state index in [2.05, 4.69) is 120 Å². The molecule has 264 valence electrons. The largest absolute Gasteiger partial charge is 0.456 e. The van der Waals surface area contributed by atoms with Gasteiger partial charge >= 0.3 is 0 Å². The van der Waals surface area contributed by atoms with Crippen LogP contribution >= 0.6 is 0 Å². The highest BCUT2D eigenvalue weighted by Gasteiger charge is 2.22. The third-order valence-corrected chi connectivity index (χ3v) is 10.1. The van der Waals surface area contributed by atoms with E-state index in [1.807, 2.05) is 91.0 Å². The Morgan fingerprint density at radius 2 is 0.804 bits per heavy atom. The maximum Gasteiger partial charge on any atom is 0.164 e. The monoisotopic (exact) mass is 718 g/mol. The fourth-order valence-corrected chi connectivity index (χ4v) is 7.43. The molecule has 0 fully saturated rings. The molecule has 2 heterocycles. The van der Waals surface area contributed by atoms with E-state index in [0.717, 1.165) is 66.8 Å². The number of rotatable bonds is 8. The zero-order chi connectivity index (χ0) is 37.3. The van der Waals surface area contributed by atoms with Crippen LogP contribution in [0.2, 0.25) is 0 Å². The first-order valence-electron chi connectivity index (χ1n) is 18.7. The van der Waals surface area contributed by atoms with Crippen LogP contribution < -0.4 is 4.90 Å². The van der Waals surface area contributed by atoms with Gasteiger partial charge in [-0.2, -0.15) is 0 Å². The number of aromatic nitrogens is 3. The van der Waals surface area contributed by atoms with Crippen LogP contribution in [0.1, 0.15) is 0 Å². The molecule has 0 saturated carbocycles. The minimum absolute atomic E-state index is 0.565.